The SMILES string of the molecule is O=C(c1ccc(NS(=O)(=O)c2cccc3cccnc23)cc1)N1CCN(CC2CC2)C[C@@H]1c1ccccc1. The van der Waals surface area contributed by atoms with Crippen LogP contribution in [0.1, 0.15) is 34.8 Å². The second-order valence-electron chi connectivity index (χ2n) is 10.1. The number of amides is 1. The molecule has 1 atom stereocenters. The van der Waals surface area contributed by atoms with E-state index >= 15 is 0 Å². The molecule has 2 aliphatic rings. The van der Waals surface area contributed by atoms with Gasteiger partial charge < -0.3 is 4.90 Å². The number of fused-ring (bicyclic) bond motifs is 1. The number of carbonyl (C=O) groups excluding carboxylic acids is 1. The molecule has 4 aromatic rings. The molecule has 0 spiro atoms. The Labute approximate surface area is 223 Å². The van der Waals surface area contributed by atoms with Crippen molar-refractivity contribution in [3.05, 3.63) is 102 Å². The first-order chi connectivity index (χ1) is 18.5. The van der Waals surface area contributed by atoms with Crippen LogP contribution < -0.4 is 4.72 Å². The molecule has 0 radical (unpaired) electrons. The lowest BCUT2D eigenvalue weighted by molar-refractivity contribution is 0.0441. The Morgan fingerprint density at radius 1 is 0.895 bits per heavy atom. The molecule has 1 aromatic heterocycles. The molecule has 3 aromatic carbocycles. The first-order valence-electron chi connectivity index (χ1n) is 13.0. The van der Waals surface area contributed by atoms with Gasteiger partial charge in [0.1, 0.15) is 4.90 Å². The lowest BCUT2D eigenvalue weighted by Gasteiger charge is -2.42. The molecule has 1 aliphatic heterocycles. The first kappa shape index (κ1) is 24.6. The summed E-state index contributed by atoms with van der Waals surface area (Å²) in [7, 11) is -3.86. The molecule has 0 unspecified atom stereocenters. The van der Waals surface area contributed by atoms with Crippen LogP contribution in [0.3, 0.4) is 0 Å². The number of nitrogens with one attached hydrogen (secondary N) is 1. The maximum absolute atomic E-state index is 13.6. The van der Waals surface area contributed by atoms with E-state index in [1.165, 1.54) is 12.8 Å². The van der Waals surface area contributed by atoms with E-state index in [0.717, 1.165) is 36.5 Å². The van der Waals surface area contributed by atoms with Crippen LogP contribution in [0.2, 0.25) is 0 Å². The van der Waals surface area contributed by atoms with Crippen molar-refractivity contribution >= 4 is 32.5 Å². The van der Waals surface area contributed by atoms with Crippen LogP contribution in [-0.2, 0) is 10.0 Å². The summed E-state index contributed by atoms with van der Waals surface area (Å²) in [6.45, 7) is 3.45. The number of piperazine rings is 1. The van der Waals surface area contributed by atoms with Crippen LogP contribution in [0.5, 0.6) is 0 Å². The average Bonchev–Trinajstić information content (AvgIpc) is 3.77. The van der Waals surface area contributed by atoms with Crippen LogP contribution in [-0.4, -0.2) is 55.3 Å². The number of para-hydroxylation sites is 1. The van der Waals surface area contributed by atoms with Gasteiger partial charge >= 0.3 is 0 Å². The van der Waals surface area contributed by atoms with Crippen molar-refractivity contribution in [1.29, 1.82) is 0 Å². The zero-order valence-electron chi connectivity index (χ0n) is 21.0. The van der Waals surface area contributed by atoms with E-state index in [4.69, 9.17) is 0 Å². The highest BCUT2D eigenvalue weighted by Crippen LogP contribution is 2.33. The van der Waals surface area contributed by atoms with Crippen molar-refractivity contribution in [3.63, 3.8) is 0 Å². The van der Waals surface area contributed by atoms with E-state index in [9.17, 15) is 13.2 Å². The number of hydrogen-bond acceptors (Lipinski definition) is 5. The molecule has 1 N–H and O–H groups in total. The van der Waals surface area contributed by atoms with Gasteiger partial charge in [0.25, 0.3) is 15.9 Å². The molecular weight excluding hydrogens is 496 g/mol. The molecule has 7 nitrogen and oxygen atoms in total. The number of carbonyl (C=O) groups is 1. The number of sulfonamides is 1. The third kappa shape index (κ3) is 5.14. The monoisotopic (exact) mass is 526 g/mol. The van der Waals surface area contributed by atoms with Crippen molar-refractivity contribution in [1.82, 2.24) is 14.8 Å². The van der Waals surface area contributed by atoms with Crippen molar-refractivity contribution in [2.75, 3.05) is 30.9 Å². The van der Waals surface area contributed by atoms with Crippen LogP contribution in [0, 0.1) is 5.92 Å². The lowest BCUT2D eigenvalue weighted by Crippen LogP contribution is -2.51. The van der Waals surface area contributed by atoms with Crippen molar-refractivity contribution < 1.29 is 13.2 Å². The zero-order valence-corrected chi connectivity index (χ0v) is 21.8. The lowest BCUT2D eigenvalue weighted by atomic mass is 10.0. The minimum absolute atomic E-state index is 0.0201. The van der Waals surface area contributed by atoms with Crippen molar-refractivity contribution in [3.8, 4) is 0 Å². The van der Waals surface area contributed by atoms with Gasteiger partial charge in [0.15, 0.2) is 0 Å². The Morgan fingerprint density at radius 2 is 1.66 bits per heavy atom. The number of rotatable bonds is 7. The minimum atomic E-state index is -3.86. The maximum atomic E-state index is 13.6. The standard InChI is InChI=1S/C30H30N4O3S/c35-30(34-19-18-33(20-22-11-12-22)21-27(34)23-6-2-1-3-7-23)25-13-15-26(16-14-25)32-38(36,37)28-10-4-8-24-9-5-17-31-29(24)28/h1-10,13-17,22,27,32H,11-12,18-21H2/t27-/m1/s1. The molecule has 0 bridgehead atoms. The quantitative estimate of drug-likeness (QED) is 0.369. The van der Waals surface area contributed by atoms with E-state index in [-0.39, 0.29) is 16.8 Å². The number of hydrogen-bond donors (Lipinski definition) is 1. The topological polar surface area (TPSA) is 82.6 Å². The molecule has 194 valence electrons. The predicted octanol–water partition coefficient (Wildman–Crippen LogP) is 4.94. The number of pyridine rings is 1. The second-order valence-corrected chi connectivity index (χ2v) is 11.8. The molecule has 2 heterocycles. The number of nitrogens with zero attached hydrogens (tertiary/aromatic N) is 3. The van der Waals surface area contributed by atoms with Gasteiger partial charge in [-0.05, 0) is 60.7 Å². The Morgan fingerprint density at radius 3 is 2.42 bits per heavy atom. The molecule has 1 amide bonds. The summed E-state index contributed by atoms with van der Waals surface area (Å²) in [6, 6.07) is 25.5. The van der Waals surface area contributed by atoms with Crippen molar-refractivity contribution in [2.45, 2.75) is 23.8 Å². The van der Waals surface area contributed by atoms with Crippen molar-refractivity contribution in [2.24, 2.45) is 5.92 Å². The highest BCUT2D eigenvalue weighted by atomic mass is 32.2. The van der Waals surface area contributed by atoms with E-state index < -0.39 is 10.0 Å². The molecule has 1 saturated carbocycles. The zero-order chi connectivity index (χ0) is 26.1. The summed E-state index contributed by atoms with van der Waals surface area (Å²) in [5.74, 6) is 0.757. The number of aromatic nitrogens is 1. The highest BCUT2D eigenvalue weighted by Gasteiger charge is 2.34. The summed E-state index contributed by atoms with van der Waals surface area (Å²) in [6.07, 6.45) is 4.20. The van der Waals surface area contributed by atoms with Gasteiger partial charge in [-0.25, -0.2) is 8.42 Å². The van der Waals surface area contributed by atoms with Gasteiger partial charge in [0, 0.05) is 49.0 Å². The normalized spacial score (nSPS) is 18.4. The van der Waals surface area contributed by atoms with E-state index in [1.54, 1.807) is 48.7 Å². The fourth-order valence-electron chi connectivity index (χ4n) is 5.22. The Kier molecular flexibility index (Phi) is 6.59. The third-order valence-corrected chi connectivity index (χ3v) is 8.81. The largest absolute Gasteiger partial charge is 0.329 e. The predicted molar refractivity (Wildman–Crippen MR) is 148 cm³/mol. The fraction of sp³-hybridized carbons (Fsp3) is 0.267. The van der Waals surface area contributed by atoms with Gasteiger partial charge in [-0.3, -0.25) is 19.4 Å². The maximum Gasteiger partial charge on any atom is 0.264 e. The Balaban J connectivity index is 1.21. The van der Waals surface area contributed by atoms with E-state index in [2.05, 4.69) is 26.7 Å². The minimum Gasteiger partial charge on any atom is -0.329 e. The summed E-state index contributed by atoms with van der Waals surface area (Å²) in [5, 5.41) is 0.751. The van der Waals surface area contributed by atoms with Gasteiger partial charge in [0.2, 0.25) is 0 Å². The molecule has 38 heavy (non-hydrogen) atoms. The molecular formula is C30H30N4O3S. The number of anilines is 1. The Hall–Kier alpha value is -3.75. The average molecular weight is 527 g/mol. The fourth-order valence-corrected chi connectivity index (χ4v) is 6.46. The molecule has 2 fully saturated rings. The summed E-state index contributed by atoms with van der Waals surface area (Å²) in [4.78, 5) is 22.5. The van der Waals surface area contributed by atoms with Gasteiger partial charge in [-0.2, -0.15) is 0 Å². The second kappa shape index (κ2) is 10.2. The molecule has 1 saturated heterocycles. The van der Waals surface area contributed by atoms with Crippen LogP contribution in [0.15, 0.2) is 96.0 Å². The Bertz CT molecular complexity index is 1550. The molecule has 1 aliphatic carbocycles. The third-order valence-electron chi connectivity index (χ3n) is 7.39. The van der Waals surface area contributed by atoms with Gasteiger partial charge in [-0.15, -0.1) is 0 Å². The van der Waals surface area contributed by atoms with E-state index in [1.807, 2.05) is 35.2 Å². The molecule has 6 rings (SSSR count). The molecule has 8 heteroatoms. The highest BCUT2D eigenvalue weighted by molar-refractivity contribution is 7.93. The summed E-state index contributed by atoms with van der Waals surface area (Å²) in [5.41, 5.74) is 2.48. The van der Waals surface area contributed by atoms with Gasteiger partial charge in [0.05, 0.1) is 11.6 Å². The van der Waals surface area contributed by atoms with Crippen LogP contribution in [0.25, 0.3) is 10.9 Å². The van der Waals surface area contributed by atoms with E-state index in [0.29, 0.717) is 23.3 Å². The van der Waals surface area contributed by atoms with Crippen LogP contribution in [0.4, 0.5) is 5.69 Å². The van der Waals surface area contributed by atoms with Crippen LogP contribution >= 0.6 is 0 Å². The number of benzene rings is 3. The summed E-state index contributed by atoms with van der Waals surface area (Å²) >= 11 is 0. The first-order valence-corrected chi connectivity index (χ1v) is 14.5. The smallest absolute Gasteiger partial charge is 0.264 e. The summed E-state index contributed by atoms with van der Waals surface area (Å²) < 4.78 is 29.0. The van der Waals surface area contributed by atoms with Gasteiger partial charge in [-0.1, -0.05) is 48.5 Å².